The molecular weight excluding hydrogens is 675 g/mol. The fourth-order valence-corrected chi connectivity index (χ4v) is 9.15. The Balaban J connectivity index is 1.20. The van der Waals surface area contributed by atoms with Crippen molar-refractivity contribution in [1.29, 1.82) is 0 Å². The van der Waals surface area contributed by atoms with E-state index in [0.717, 1.165) is 40.2 Å². The van der Waals surface area contributed by atoms with Gasteiger partial charge in [-0.1, -0.05) is 176 Å². The lowest BCUT2D eigenvalue weighted by Crippen LogP contribution is -2.16. The first-order valence-electron chi connectivity index (χ1n) is 19.6. The van der Waals surface area contributed by atoms with Crippen LogP contribution in [0.4, 0.5) is 11.4 Å². The van der Waals surface area contributed by atoms with E-state index in [2.05, 4.69) is 212 Å². The summed E-state index contributed by atoms with van der Waals surface area (Å²) >= 11 is 0. The summed E-state index contributed by atoms with van der Waals surface area (Å²) in [5.41, 5.74) is 21.7. The van der Waals surface area contributed by atoms with Gasteiger partial charge in [-0.25, -0.2) is 0 Å². The third-order valence-corrected chi connectivity index (χ3v) is 11.7. The van der Waals surface area contributed by atoms with Gasteiger partial charge in [-0.15, -0.1) is 0 Å². The van der Waals surface area contributed by atoms with E-state index < -0.39 is 0 Å². The summed E-state index contributed by atoms with van der Waals surface area (Å²) in [7, 11) is 0. The predicted octanol–water partition coefficient (Wildman–Crippen LogP) is 14.9. The first-order chi connectivity index (χ1) is 27.7. The molecule has 0 bridgehead atoms. The van der Waals surface area contributed by atoms with Crippen molar-refractivity contribution < 1.29 is 0 Å². The maximum Gasteiger partial charge on any atom is 0.0468 e. The molecular formula is C55H41N. The Hall–Kier alpha value is -6.96. The monoisotopic (exact) mass is 715 g/mol. The lowest BCUT2D eigenvalue weighted by molar-refractivity contribution is 0.875. The summed E-state index contributed by atoms with van der Waals surface area (Å²) in [5.74, 6) is 0.286. The van der Waals surface area contributed by atoms with Crippen molar-refractivity contribution in [2.75, 3.05) is 4.90 Å². The van der Waals surface area contributed by atoms with Crippen LogP contribution >= 0.6 is 0 Å². The Morgan fingerprint density at radius 2 is 1.04 bits per heavy atom. The Labute approximate surface area is 330 Å². The lowest BCUT2D eigenvalue weighted by atomic mass is 9.74. The van der Waals surface area contributed by atoms with Gasteiger partial charge in [0.2, 0.25) is 0 Å². The van der Waals surface area contributed by atoms with Crippen LogP contribution in [0.2, 0.25) is 0 Å². The highest BCUT2D eigenvalue weighted by Crippen LogP contribution is 2.51. The van der Waals surface area contributed by atoms with Gasteiger partial charge in [0.05, 0.1) is 0 Å². The van der Waals surface area contributed by atoms with Crippen LogP contribution in [0.25, 0.3) is 61.2 Å². The standard InChI is InChI=1S/C55H41N/c1-3-38(35-54-37(2)41-21-7-8-22-42(41)43-23-9-10-24-44(43)48-28-15-17-31-51(48)54)56(39-19-5-4-6-20-39)40-33-34-53-50-30-14-13-27-47(50)45-25-11-12-26-46(45)49-29-16-18-32-52(49)55(53)36-40/h3-26,28-36,47H,2,27H2,1H3. The Morgan fingerprint density at radius 1 is 0.518 bits per heavy atom. The molecule has 10 rings (SSSR count). The number of anilines is 2. The molecule has 266 valence electrons. The minimum absolute atomic E-state index is 0.286. The smallest absolute Gasteiger partial charge is 0.0468 e. The third kappa shape index (κ3) is 5.55. The fraction of sp³-hybridized carbons (Fsp3) is 0.0545. The molecule has 7 aromatic rings. The molecule has 0 N–H and O–H groups in total. The topological polar surface area (TPSA) is 3.24 Å². The summed E-state index contributed by atoms with van der Waals surface area (Å²) < 4.78 is 0. The van der Waals surface area contributed by atoms with E-state index in [1.807, 2.05) is 0 Å². The largest absolute Gasteiger partial charge is 0.311 e. The molecule has 56 heavy (non-hydrogen) atoms. The summed E-state index contributed by atoms with van der Waals surface area (Å²) in [4.78, 5) is 2.41. The molecule has 0 aliphatic heterocycles. The molecule has 0 fully saturated rings. The van der Waals surface area contributed by atoms with Crippen molar-refractivity contribution in [3.8, 4) is 44.5 Å². The van der Waals surface area contributed by atoms with E-state index in [-0.39, 0.29) is 5.92 Å². The second kappa shape index (κ2) is 14.0. The molecule has 1 atom stereocenters. The molecule has 0 aromatic heterocycles. The molecule has 0 spiro atoms. The van der Waals surface area contributed by atoms with Crippen molar-refractivity contribution in [2.45, 2.75) is 19.3 Å². The lowest BCUT2D eigenvalue weighted by Gasteiger charge is -2.32. The zero-order valence-electron chi connectivity index (χ0n) is 31.5. The Kier molecular flexibility index (Phi) is 8.42. The number of nitrogens with zero attached hydrogens (tertiary/aromatic N) is 1. The van der Waals surface area contributed by atoms with Crippen molar-refractivity contribution in [2.24, 2.45) is 0 Å². The second-order valence-electron chi connectivity index (χ2n) is 14.8. The van der Waals surface area contributed by atoms with E-state index in [1.54, 1.807) is 0 Å². The van der Waals surface area contributed by atoms with Crippen molar-refractivity contribution in [3.05, 3.63) is 235 Å². The molecule has 0 saturated heterocycles. The number of benzene rings is 7. The van der Waals surface area contributed by atoms with Gasteiger partial charge >= 0.3 is 0 Å². The van der Waals surface area contributed by atoms with Crippen LogP contribution in [0, 0.1) is 0 Å². The van der Waals surface area contributed by atoms with Crippen molar-refractivity contribution >= 4 is 28.1 Å². The van der Waals surface area contributed by atoms with Gasteiger partial charge in [-0.2, -0.15) is 0 Å². The van der Waals surface area contributed by atoms with Crippen molar-refractivity contribution in [3.63, 3.8) is 0 Å². The number of hydrogen-bond acceptors (Lipinski definition) is 1. The maximum absolute atomic E-state index is 4.84. The number of allylic oxidation sites excluding steroid dienone is 8. The Morgan fingerprint density at radius 3 is 1.70 bits per heavy atom. The zero-order chi connectivity index (χ0) is 37.6. The maximum atomic E-state index is 4.84. The average molecular weight is 716 g/mol. The number of hydrogen-bond donors (Lipinski definition) is 0. The van der Waals surface area contributed by atoms with Crippen molar-refractivity contribution in [1.82, 2.24) is 0 Å². The van der Waals surface area contributed by atoms with Crippen LogP contribution in [0.1, 0.15) is 41.5 Å². The summed E-state index contributed by atoms with van der Waals surface area (Å²) in [6, 6.07) is 62.1. The van der Waals surface area contributed by atoms with Gasteiger partial charge in [0.25, 0.3) is 0 Å². The molecule has 7 aromatic carbocycles. The van der Waals surface area contributed by atoms with E-state index >= 15 is 0 Å². The summed E-state index contributed by atoms with van der Waals surface area (Å²) in [5, 5.41) is 0. The first-order valence-corrected chi connectivity index (χ1v) is 19.6. The molecule has 1 heteroatoms. The van der Waals surface area contributed by atoms with E-state index in [4.69, 9.17) is 6.58 Å². The Bertz CT molecular complexity index is 2810. The highest BCUT2D eigenvalue weighted by atomic mass is 15.1. The van der Waals surface area contributed by atoms with E-state index in [0.29, 0.717) is 0 Å². The molecule has 1 unspecified atom stereocenters. The number of para-hydroxylation sites is 1. The van der Waals surface area contributed by atoms with Crippen LogP contribution in [-0.2, 0) is 0 Å². The molecule has 1 nitrogen and oxygen atoms in total. The van der Waals surface area contributed by atoms with Gasteiger partial charge in [-0.05, 0) is 127 Å². The SMILES string of the molecule is C=C1C(=CC(=CC)N(c2ccccc2)c2ccc3c(c2)-c2ccccc2-c2ccccc2C2CC=CC=C32)c2ccccc2-c2ccccc2-c2ccccc21. The molecule has 0 radical (unpaired) electrons. The minimum Gasteiger partial charge on any atom is -0.311 e. The summed E-state index contributed by atoms with van der Waals surface area (Å²) in [6.45, 7) is 6.98. The quantitative estimate of drug-likeness (QED) is 0.175. The van der Waals surface area contributed by atoms with E-state index in [1.165, 1.54) is 66.8 Å². The molecule has 0 saturated carbocycles. The molecule has 3 aliphatic carbocycles. The minimum atomic E-state index is 0.286. The molecule has 3 aliphatic rings. The fourth-order valence-electron chi connectivity index (χ4n) is 9.15. The van der Waals surface area contributed by atoms with Gasteiger partial charge in [-0.3, -0.25) is 0 Å². The summed E-state index contributed by atoms with van der Waals surface area (Å²) in [6.07, 6.45) is 12.5. The third-order valence-electron chi connectivity index (χ3n) is 11.7. The first kappa shape index (κ1) is 33.6. The van der Waals surface area contributed by atoms with Crippen LogP contribution in [0.5, 0.6) is 0 Å². The average Bonchev–Trinajstić information content (AvgIpc) is 3.27. The van der Waals surface area contributed by atoms with Crippen LogP contribution in [0.15, 0.2) is 213 Å². The van der Waals surface area contributed by atoms with Gasteiger partial charge in [0.15, 0.2) is 0 Å². The number of rotatable bonds is 4. The number of fused-ring (bicyclic) bond motifs is 13. The van der Waals surface area contributed by atoms with Crippen LogP contribution < -0.4 is 4.90 Å². The zero-order valence-corrected chi connectivity index (χ0v) is 31.5. The van der Waals surface area contributed by atoms with Crippen LogP contribution in [0.3, 0.4) is 0 Å². The van der Waals surface area contributed by atoms with Gasteiger partial charge in [0, 0.05) is 23.0 Å². The van der Waals surface area contributed by atoms with Crippen LogP contribution in [-0.4, -0.2) is 0 Å². The molecule has 0 heterocycles. The van der Waals surface area contributed by atoms with Gasteiger partial charge < -0.3 is 4.90 Å². The second-order valence-corrected chi connectivity index (χ2v) is 14.8. The highest BCUT2D eigenvalue weighted by molar-refractivity contribution is 6.13. The van der Waals surface area contributed by atoms with E-state index in [9.17, 15) is 0 Å². The van der Waals surface area contributed by atoms with Gasteiger partial charge in [0.1, 0.15) is 0 Å². The predicted molar refractivity (Wildman–Crippen MR) is 238 cm³/mol. The highest BCUT2D eigenvalue weighted by Gasteiger charge is 2.29. The normalized spacial score (nSPS) is 15.9. The molecule has 0 amide bonds.